The molecule has 0 aromatic heterocycles. The summed E-state index contributed by atoms with van der Waals surface area (Å²) in [7, 11) is 0. The fraction of sp³-hybridized carbons (Fsp3) is 1.00. The quantitative estimate of drug-likeness (QED) is 0.0665. The smallest absolute Gasteiger partial charge is 0.0759 e. The van der Waals surface area contributed by atoms with Crippen molar-refractivity contribution in [3.05, 3.63) is 0 Å². The minimum Gasteiger partial charge on any atom is -0.389 e. The van der Waals surface area contributed by atoms with Crippen molar-refractivity contribution in [2.24, 2.45) is 10.8 Å². The molecule has 278 valence electrons. The van der Waals surface area contributed by atoms with E-state index >= 15 is 0 Å². The third-order valence-corrected chi connectivity index (χ3v) is 12.2. The molecular weight excluding hydrogens is 556 g/mol. The van der Waals surface area contributed by atoms with Gasteiger partial charge in [-0.2, -0.15) is 0 Å². The van der Waals surface area contributed by atoms with E-state index < -0.39 is 5.60 Å². The van der Waals surface area contributed by atoms with Crippen LogP contribution in [-0.4, -0.2) is 10.7 Å². The van der Waals surface area contributed by atoms with Crippen LogP contribution in [0.15, 0.2) is 0 Å². The molecule has 0 fully saturated rings. The van der Waals surface area contributed by atoms with Crippen molar-refractivity contribution in [3.63, 3.8) is 0 Å². The highest BCUT2D eigenvalue weighted by molar-refractivity contribution is 5.09. The van der Waals surface area contributed by atoms with Crippen molar-refractivity contribution in [1.29, 1.82) is 0 Å². The van der Waals surface area contributed by atoms with Crippen molar-refractivity contribution < 1.29 is 5.11 Å². The van der Waals surface area contributed by atoms with Gasteiger partial charge in [0.15, 0.2) is 0 Å². The summed E-state index contributed by atoms with van der Waals surface area (Å²) in [5, 5.41) is 14.3. The summed E-state index contributed by atoms with van der Waals surface area (Å²) in [5.74, 6) is 0. The minimum absolute atomic E-state index is 0.0781. The summed E-state index contributed by atoms with van der Waals surface area (Å²) < 4.78 is 0. The molecule has 46 heavy (non-hydrogen) atoms. The van der Waals surface area contributed by atoms with Crippen LogP contribution in [0.3, 0.4) is 0 Å². The monoisotopic (exact) mass is 649 g/mol. The molecule has 0 rings (SSSR count). The molecule has 0 aliphatic heterocycles. The number of rotatable bonds is 37. The Kier molecular flexibility index (Phi) is 31.0. The van der Waals surface area contributed by atoms with Crippen LogP contribution < -0.4 is 0 Å². The molecule has 1 heteroatoms. The molecule has 0 saturated heterocycles. The lowest BCUT2D eigenvalue weighted by Crippen LogP contribution is -2.60. The first-order valence-corrected chi connectivity index (χ1v) is 22.1. The average molecular weight is 649 g/mol. The SMILES string of the molecule is CCCCCCC(CCCCCC)(CCCCCC)C(O)(CCCCCC)C(CCCCCC)(CCCCCC)CCCCCC. The van der Waals surface area contributed by atoms with Crippen molar-refractivity contribution in [1.82, 2.24) is 0 Å². The summed E-state index contributed by atoms with van der Waals surface area (Å²) in [6.07, 6.45) is 45.8. The van der Waals surface area contributed by atoms with Gasteiger partial charge in [0.25, 0.3) is 0 Å². The number of aliphatic hydroxyl groups is 1. The fourth-order valence-corrected chi connectivity index (χ4v) is 9.23. The fourth-order valence-electron chi connectivity index (χ4n) is 9.23. The molecular formula is C45H92O. The minimum atomic E-state index is -0.539. The molecule has 0 radical (unpaired) electrons. The maximum absolute atomic E-state index is 14.3. The predicted octanol–water partition coefficient (Wildman–Crippen LogP) is 16.5. The lowest BCUT2D eigenvalue weighted by Gasteiger charge is -2.60. The van der Waals surface area contributed by atoms with Crippen LogP contribution in [0.4, 0.5) is 0 Å². The van der Waals surface area contributed by atoms with Gasteiger partial charge in [0.05, 0.1) is 5.60 Å². The first-order chi connectivity index (χ1) is 22.4. The number of hydrogen-bond acceptors (Lipinski definition) is 1. The van der Waals surface area contributed by atoms with Crippen LogP contribution in [0.5, 0.6) is 0 Å². The molecule has 0 aromatic carbocycles. The van der Waals surface area contributed by atoms with E-state index in [0.29, 0.717) is 0 Å². The predicted molar refractivity (Wildman–Crippen MR) is 211 cm³/mol. The van der Waals surface area contributed by atoms with Gasteiger partial charge in [-0.05, 0) is 55.8 Å². The first-order valence-electron chi connectivity index (χ1n) is 22.1. The van der Waals surface area contributed by atoms with Crippen LogP contribution in [-0.2, 0) is 0 Å². The zero-order chi connectivity index (χ0) is 34.2. The average Bonchev–Trinajstić information content (AvgIpc) is 3.06. The van der Waals surface area contributed by atoms with E-state index in [2.05, 4.69) is 48.5 Å². The highest BCUT2D eigenvalue weighted by Crippen LogP contribution is 2.61. The van der Waals surface area contributed by atoms with Crippen molar-refractivity contribution in [3.8, 4) is 0 Å². The summed E-state index contributed by atoms with van der Waals surface area (Å²) in [6, 6.07) is 0. The maximum Gasteiger partial charge on any atom is 0.0759 e. The van der Waals surface area contributed by atoms with Crippen LogP contribution in [0, 0.1) is 10.8 Å². The molecule has 0 bridgehead atoms. The third-order valence-electron chi connectivity index (χ3n) is 12.2. The lowest BCUT2D eigenvalue weighted by atomic mass is 9.48. The van der Waals surface area contributed by atoms with Crippen molar-refractivity contribution in [2.75, 3.05) is 0 Å². The van der Waals surface area contributed by atoms with Crippen LogP contribution in [0.1, 0.15) is 273 Å². The van der Waals surface area contributed by atoms with Gasteiger partial charge in [0.2, 0.25) is 0 Å². The molecule has 0 aliphatic rings. The molecule has 0 aromatic rings. The van der Waals surface area contributed by atoms with Gasteiger partial charge >= 0.3 is 0 Å². The molecule has 0 heterocycles. The van der Waals surface area contributed by atoms with E-state index in [9.17, 15) is 5.11 Å². The van der Waals surface area contributed by atoms with Crippen LogP contribution in [0.2, 0.25) is 0 Å². The lowest BCUT2D eigenvalue weighted by molar-refractivity contribution is -0.203. The second kappa shape index (κ2) is 31.0. The molecule has 0 amide bonds. The molecule has 1 N–H and O–H groups in total. The Morgan fingerprint density at radius 2 is 0.413 bits per heavy atom. The summed E-state index contributed by atoms with van der Waals surface area (Å²) in [6.45, 7) is 16.5. The normalized spacial score (nSPS) is 12.8. The topological polar surface area (TPSA) is 20.2 Å². The zero-order valence-electron chi connectivity index (χ0n) is 33.7. The molecule has 0 atom stereocenters. The Balaban J connectivity index is 7.24. The molecule has 0 unspecified atom stereocenters. The highest BCUT2D eigenvalue weighted by Gasteiger charge is 2.59. The van der Waals surface area contributed by atoms with Gasteiger partial charge in [-0.3, -0.25) is 0 Å². The zero-order valence-corrected chi connectivity index (χ0v) is 33.7. The summed E-state index contributed by atoms with van der Waals surface area (Å²) in [5.41, 5.74) is -0.382. The number of unbranched alkanes of at least 4 members (excludes halogenated alkanes) is 21. The highest BCUT2D eigenvalue weighted by atomic mass is 16.3. The molecule has 0 saturated carbocycles. The van der Waals surface area contributed by atoms with E-state index in [1.54, 1.807) is 0 Å². The van der Waals surface area contributed by atoms with Gasteiger partial charge in [0, 0.05) is 0 Å². The Morgan fingerprint density at radius 1 is 0.239 bits per heavy atom. The third kappa shape index (κ3) is 18.1. The van der Waals surface area contributed by atoms with Crippen LogP contribution >= 0.6 is 0 Å². The maximum atomic E-state index is 14.3. The van der Waals surface area contributed by atoms with Crippen molar-refractivity contribution in [2.45, 2.75) is 279 Å². The Bertz CT molecular complexity index is 502. The van der Waals surface area contributed by atoms with Crippen molar-refractivity contribution >= 4 is 0 Å². The van der Waals surface area contributed by atoms with E-state index in [1.165, 1.54) is 218 Å². The van der Waals surface area contributed by atoms with Crippen LogP contribution in [0.25, 0.3) is 0 Å². The van der Waals surface area contributed by atoms with Gasteiger partial charge in [-0.15, -0.1) is 0 Å². The summed E-state index contributed by atoms with van der Waals surface area (Å²) >= 11 is 0. The van der Waals surface area contributed by atoms with E-state index in [1.807, 2.05) is 0 Å². The second-order valence-corrected chi connectivity index (χ2v) is 16.1. The second-order valence-electron chi connectivity index (χ2n) is 16.1. The summed E-state index contributed by atoms with van der Waals surface area (Å²) in [4.78, 5) is 0. The molecule has 0 spiro atoms. The van der Waals surface area contributed by atoms with E-state index in [4.69, 9.17) is 0 Å². The Morgan fingerprint density at radius 3 is 0.587 bits per heavy atom. The molecule has 0 aliphatic carbocycles. The van der Waals surface area contributed by atoms with E-state index in [-0.39, 0.29) is 10.8 Å². The van der Waals surface area contributed by atoms with Gasteiger partial charge < -0.3 is 5.11 Å². The Hall–Kier alpha value is -0.0400. The van der Waals surface area contributed by atoms with Gasteiger partial charge in [-0.1, -0.05) is 228 Å². The van der Waals surface area contributed by atoms with Gasteiger partial charge in [-0.25, -0.2) is 0 Å². The Labute approximate surface area is 294 Å². The van der Waals surface area contributed by atoms with E-state index in [0.717, 1.165) is 6.42 Å². The standard InChI is InChI=1S/C45H92O/c1-8-15-22-29-36-43(37-30-23-16-9-2,38-31-24-17-10-3)45(46,42-35-28-21-14-7)44(39-32-25-18-11-4,40-33-26-19-12-5)41-34-27-20-13-6/h46H,8-42H2,1-7H3. The van der Waals surface area contributed by atoms with Gasteiger partial charge in [0.1, 0.15) is 0 Å². The molecule has 1 nitrogen and oxygen atoms in total. The number of hydrogen-bond donors (Lipinski definition) is 1. The largest absolute Gasteiger partial charge is 0.389 e. The first kappa shape index (κ1) is 46.0.